The standard InChI is InChI=1S/C39H24N8/c1-2-13-32-31(12-1)34(43-39-35(32)42-33-14-3-4-21-47(33)39)26-17-15-25(16-18-26)27-8-5-9-28(22-27)36-44-37(29-10-6-19-40-23-29)46-38(45-36)30-11-7-20-41-24-30/h1-24H. The van der Waals surface area contributed by atoms with Crippen LogP contribution in [0, 0.1) is 0 Å². The van der Waals surface area contributed by atoms with Gasteiger partial charge in [-0.1, -0.05) is 72.8 Å². The van der Waals surface area contributed by atoms with Crippen LogP contribution < -0.4 is 0 Å². The average molecular weight is 605 g/mol. The Kier molecular flexibility index (Phi) is 6.28. The van der Waals surface area contributed by atoms with Crippen molar-refractivity contribution < 1.29 is 0 Å². The Hall–Kier alpha value is -6.67. The Bertz CT molecular complexity index is 2500. The number of benzene rings is 3. The highest BCUT2D eigenvalue weighted by atomic mass is 15.1. The van der Waals surface area contributed by atoms with Gasteiger partial charge in [-0.3, -0.25) is 14.4 Å². The zero-order valence-corrected chi connectivity index (χ0v) is 24.9. The topological polar surface area (TPSA) is 94.6 Å². The molecule has 6 heterocycles. The first-order chi connectivity index (χ1) is 23.3. The highest BCUT2D eigenvalue weighted by Crippen LogP contribution is 2.34. The van der Waals surface area contributed by atoms with E-state index in [0.29, 0.717) is 17.5 Å². The highest BCUT2D eigenvalue weighted by molar-refractivity contribution is 6.09. The lowest BCUT2D eigenvalue weighted by Crippen LogP contribution is -2.00. The maximum absolute atomic E-state index is 5.15. The molecule has 0 spiro atoms. The minimum Gasteiger partial charge on any atom is -0.284 e. The van der Waals surface area contributed by atoms with Crippen molar-refractivity contribution in [3.63, 3.8) is 0 Å². The summed E-state index contributed by atoms with van der Waals surface area (Å²) in [5, 5.41) is 2.16. The Balaban J connectivity index is 1.12. The van der Waals surface area contributed by atoms with Gasteiger partial charge in [-0.05, 0) is 53.6 Å². The monoisotopic (exact) mass is 604 g/mol. The fourth-order valence-electron chi connectivity index (χ4n) is 5.96. The van der Waals surface area contributed by atoms with Crippen LogP contribution in [0.3, 0.4) is 0 Å². The number of pyridine rings is 4. The molecule has 0 aliphatic heterocycles. The largest absolute Gasteiger partial charge is 0.284 e. The van der Waals surface area contributed by atoms with E-state index in [1.54, 1.807) is 24.8 Å². The molecule has 3 aromatic carbocycles. The molecule has 0 bridgehead atoms. The van der Waals surface area contributed by atoms with Crippen molar-refractivity contribution in [3.8, 4) is 56.5 Å². The van der Waals surface area contributed by atoms with E-state index in [-0.39, 0.29) is 0 Å². The summed E-state index contributed by atoms with van der Waals surface area (Å²) in [6.45, 7) is 0. The van der Waals surface area contributed by atoms with Crippen molar-refractivity contribution in [2.45, 2.75) is 0 Å². The van der Waals surface area contributed by atoms with E-state index >= 15 is 0 Å². The van der Waals surface area contributed by atoms with Crippen LogP contribution >= 0.6 is 0 Å². The lowest BCUT2D eigenvalue weighted by Gasteiger charge is -2.10. The average Bonchev–Trinajstić information content (AvgIpc) is 3.54. The molecule has 0 amide bonds. The van der Waals surface area contributed by atoms with E-state index in [1.165, 1.54) is 0 Å². The van der Waals surface area contributed by atoms with Crippen LogP contribution in [0.15, 0.2) is 146 Å². The van der Waals surface area contributed by atoms with Crippen LogP contribution in [0.2, 0.25) is 0 Å². The number of nitrogens with zero attached hydrogens (tertiary/aromatic N) is 8. The van der Waals surface area contributed by atoms with Crippen molar-refractivity contribution >= 4 is 27.6 Å². The van der Waals surface area contributed by atoms with Crippen LogP contribution in [0.25, 0.3) is 84.1 Å². The van der Waals surface area contributed by atoms with E-state index in [0.717, 1.165) is 66.7 Å². The van der Waals surface area contributed by atoms with Crippen LogP contribution in [0.4, 0.5) is 0 Å². The maximum Gasteiger partial charge on any atom is 0.165 e. The Morgan fingerprint density at radius 3 is 1.74 bits per heavy atom. The molecule has 0 fully saturated rings. The van der Waals surface area contributed by atoms with Gasteiger partial charge in [0.25, 0.3) is 0 Å². The Morgan fingerprint density at radius 2 is 1.04 bits per heavy atom. The molecule has 8 heteroatoms. The van der Waals surface area contributed by atoms with Crippen LogP contribution in [0.1, 0.15) is 0 Å². The smallest absolute Gasteiger partial charge is 0.165 e. The third-order valence-electron chi connectivity index (χ3n) is 8.25. The van der Waals surface area contributed by atoms with E-state index in [9.17, 15) is 0 Å². The summed E-state index contributed by atoms with van der Waals surface area (Å²) in [5.74, 6) is 1.69. The summed E-state index contributed by atoms with van der Waals surface area (Å²) in [5.41, 5.74) is 9.23. The van der Waals surface area contributed by atoms with Crippen molar-refractivity contribution in [2.75, 3.05) is 0 Å². The minimum atomic E-state index is 0.555. The van der Waals surface area contributed by atoms with Crippen LogP contribution in [0.5, 0.6) is 0 Å². The highest BCUT2D eigenvalue weighted by Gasteiger charge is 2.16. The second-order valence-electron chi connectivity index (χ2n) is 11.2. The van der Waals surface area contributed by atoms with Crippen molar-refractivity contribution in [2.24, 2.45) is 0 Å². The van der Waals surface area contributed by atoms with Gasteiger partial charge in [0.05, 0.1) is 5.69 Å². The summed E-state index contributed by atoms with van der Waals surface area (Å²) in [6, 6.07) is 38.8. The maximum atomic E-state index is 5.15. The molecule has 6 aromatic heterocycles. The number of imidazole rings is 1. The van der Waals surface area contributed by atoms with Gasteiger partial charge in [-0.2, -0.15) is 0 Å². The molecule has 0 atom stereocenters. The van der Waals surface area contributed by atoms with E-state index in [2.05, 4.69) is 70.6 Å². The summed E-state index contributed by atoms with van der Waals surface area (Å²) in [6.07, 6.45) is 9.00. The van der Waals surface area contributed by atoms with Gasteiger partial charge in [0, 0.05) is 64.0 Å². The first-order valence-corrected chi connectivity index (χ1v) is 15.2. The lowest BCUT2D eigenvalue weighted by molar-refractivity contribution is 1.07. The minimum absolute atomic E-state index is 0.555. The number of rotatable bonds is 5. The predicted octanol–water partition coefficient (Wildman–Crippen LogP) is 8.35. The third kappa shape index (κ3) is 4.76. The molecule has 9 rings (SSSR count). The zero-order chi connectivity index (χ0) is 31.2. The SMILES string of the molecule is c1cncc(-c2nc(-c3cccnc3)nc(-c3cccc(-c4ccc(-c5nc6c(nc7ccccn76)c6ccccc56)cc4)c3)n2)c1. The normalized spacial score (nSPS) is 11.4. The molecule has 47 heavy (non-hydrogen) atoms. The molecule has 0 saturated heterocycles. The molecule has 0 radical (unpaired) electrons. The Morgan fingerprint density at radius 1 is 0.426 bits per heavy atom. The quantitative estimate of drug-likeness (QED) is 0.195. The molecular formula is C39H24N8. The summed E-state index contributed by atoms with van der Waals surface area (Å²) in [7, 11) is 0. The van der Waals surface area contributed by atoms with Crippen molar-refractivity contribution in [1.29, 1.82) is 0 Å². The van der Waals surface area contributed by atoms with Gasteiger partial charge < -0.3 is 0 Å². The van der Waals surface area contributed by atoms with Gasteiger partial charge in [0.1, 0.15) is 11.2 Å². The molecule has 9 aromatic rings. The van der Waals surface area contributed by atoms with Crippen molar-refractivity contribution in [3.05, 3.63) is 146 Å². The summed E-state index contributed by atoms with van der Waals surface area (Å²) >= 11 is 0. The lowest BCUT2D eigenvalue weighted by atomic mass is 9.98. The second kappa shape index (κ2) is 11.0. The van der Waals surface area contributed by atoms with Gasteiger partial charge in [-0.15, -0.1) is 0 Å². The fraction of sp³-hybridized carbons (Fsp3) is 0. The fourth-order valence-corrected chi connectivity index (χ4v) is 5.96. The number of aromatic nitrogens is 8. The van der Waals surface area contributed by atoms with E-state index in [4.69, 9.17) is 24.9 Å². The molecule has 0 saturated carbocycles. The molecule has 0 unspecified atom stereocenters. The molecule has 0 aliphatic carbocycles. The van der Waals surface area contributed by atoms with Gasteiger partial charge in [0.2, 0.25) is 0 Å². The number of fused-ring (bicyclic) bond motifs is 5. The molecule has 0 N–H and O–H groups in total. The Labute approximate surface area is 269 Å². The summed E-state index contributed by atoms with van der Waals surface area (Å²) in [4.78, 5) is 33.1. The number of hydrogen-bond acceptors (Lipinski definition) is 7. The zero-order valence-electron chi connectivity index (χ0n) is 24.9. The second-order valence-corrected chi connectivity index (χ2v) is 11.2. The first kappa shape index (κ1) is 26.7. The molecule has 0 aliphatic rings. The van der Waals surface area contributed by atoms with Gasteiger partial charge >= 0.3 is 0 Å². The first-order valence-electron chi connectivity index (χ1n) is 15.2. The van der Waals surface area contributed by atoms with Gasteiger partial charge in [0.15, 0.2) is 23.1 Å². The van der Waals surface area contributed by atoms with Crippen LogP contribution in [-0.2, 0) is 0 Å². The van der Waals surface area contributed by atoms with Crippen LogP contribution in [-0.4, -0.2) is 39.3 Å². The van der Waals surface area contributed by atoms with Gasteiger partial charge in [-0.25, -0.2) is 24.9 Å². The molecular weight excluding hydrogens is 580 g/mol. The number of hydrogen-bond donors (Lipinski definition) is 0. The van der Waals surface area contributed by atoms with E-state index < -0.39 is 0 Å². The van der Waals surface area contributed by atoms with Crippen molar-refractivity contribution in [1.82, 2.24) is 39.3 Å². The predicted molar refractivity (Wildman–Crippen MR) is 184 cm³/mol. The van der Waals surface area contributed by atoms with E-state index in [1.807, 2.05) is 65.2 Å². The molecule has 8 nitrogen and oxygen atoms in total. The summed E-state index contributed by atoms with van der Waals surface area (Å²) < 4.78 is 2.05. The third-order valence-corrected chi connectivity index (χ3v) is 8.25. The molecule has 220 valence electrons.